The number of carbonyl (C=O) groups is 1. The van der Waals surface area contributed by atoms with Gasteiger partial charge >= 0.3 is 5.97 Å². The normalized spacial score (nSPS) is 11.8. The van der Waals surface area contributed by atoms with Gasteiger partial charge in [-0.25, -0.2) is 4.79 Å². The van der Waals surface area contributed by atoms with Gasteiger partial charge in [0.25, 0.3) is 0 Å². The summed E-state index contributed by atoms with van der Waals surface area (Å²) in [7, 11) is 0. The molecule has 0 fully saturated rings. The number of rotatable bonds is 6. The Morgan fingerprint density at radius 3 is 2.09 bits per heavy atom. The summed E-state index contributed by atoms with van der Waals surface area (Å²) in [5.74, 6) is 0.328. The number of carbonyl (C=O) groups excluding carboxylic acids is 1. The molecule has 0 saturated heterocycles. The fourth-order valence-corrected chi connectivity index (χ4v) is 1.97. The highest BCUT2D eigenvalue weighted by Gasteiger charge is 2.08. The number of hydrogen-bond donors (Lipinski definition) is 0. The summed E-state index contributed by atoms with van der Waals surface area (Å²) in [6.45, 7) is 5.85. The number of aryl methyl sites for hydroxylation is 1. The lowest BCUT2D eigenvalue weighted by Gasteiger charge is -2.11. The first-order valence-electron chi connectivity index (χ1n) is 7.58. The van der Waals surface area contributed by atoms with Crippen LogP contribution in [-0.2, 0) is 9.53 Å². The zero-order valence-corrected chi connectivity index (χ0v) is 13.3. The molecular weight excluding hydrogens is 276 g/mol. The molecule has 3 nitrogen and oxygen atoms in total. The van der Waals surface area contributed by atoms with Crippen LogP contribution in [0.5, 0.6) is 5.75 Å². The van der Waals surface area contributed by atoms with E-state index in [1.165, 1.54) is 5.56 Å². The minimum atomic E-state index is -0.336. The van der Waals surface area contributed by atoms with E-state index in [1.54, 1.807) is 0 Å². The Hall–Kier alpha value is -2.29. The van der Waals surface area contributed by atoms with Crippen molar-refractivity contribution in [1.29, 1.82) is 0 Å². The first-order valence-corrected chi connectivity index (χ1v) is 7.58. The molecule has 0 amide bonds. The second-order valence-corrected chi connectivity index (χ2v) is 5.39. The van der Waals surface area contributed by atoms with Crippen LogP contribution in [0.1, 0.15) is 25.8 Å². The van der Waals surface area contributed by atoms with E-state index in [4.69, 9.17) is 9.47 Å². The summed E-state index contributed by atoms with van der Waals surface area (Å²) in [4.78, 5) is 11.6. The molecule has 2 aromatic carbocycles. The van der Waals surface area contributed by atoms with Gasteiger partial charge in [-0.1, -0.05) is 48.9 Å². The van der Waals surface area contributed by atoms with Crippen molar-refractivity contribution >= 4 is 5.97 Å². The lowest BCUT2D eigenvalue weighted by Crippen LogP contribution is -2.20. The second-order valence-electron chi connectivity index (χ2n) is 5.39. The Kier molecular flexibility index (Phi) is 5.59. The predicted molar refractivity (Wildman–Crippen MR) is 88.0 cm³/mol. The van der Waals surface area contributed by atoms with Gasteiger partial charge in [0.2, 0.25) is 0 Å². The highest BCUT2D eigenvalue weighted by Crippen LogP contribution is 2.22. The largest absolute Gasteiger partial charge is 0.482 e. The van der Waals surface area contributed by atoms with Crippen LogP contribution in [-0.4, -0.2) is 18.7 Å². The highest BCUT2D eigenvalue weighted by molar-refractivity contribution is 5.71. The summed E-state index contributed by atoms with van der Waals surface area (Å²) in [5, 5.41) is 0. The molecule has 0 heterocycles. The van der Waals surface area contributed by atoms with Crippen molar-refractivity contribution in [2.24, 2.45) is 0 Å². The number of esters is 1. The minimum Gasteiger partial charge on any atom is -0.482 e. The standard InChI is InChI=1S/C19H22O3/c1-4-15(3)22-19(20)13-21-18-11-9-17(10-12-18)16-7-5-14(2)6-8-16/h5-12,15H,4,13H2,1-3H3/t15-/m0/s1. The molecular formula is C19H22O3. The zero-order valence-electron chi connectivity index (χ0n) is 13.3. The molecule has 1 atom stereocenters. The van der Waals surface area contributed by atoms with E-state index in [1.807, 2.05) is 38.1 Å². The minimum absolute atomic E-state index is 0.0613. The van der Waals surface area contributed by atoms with Crippen LogP contribution in [0.3, 0.4) is 0 Å². The molecule has 0 N–H and O–H groups in total. The summed E-state index contributed by atoms with van der Waals surface area (Å²) in [6.07, 6.45) is 0.733. The number of ether oxygens (including phenoxy) is 2. The Morgan fingerprint density at radius 1 is 1.00 bits per heavy atom. The summed E-state index contributed by atoms with van der Waals surface area (Å²) in [6, 6.07) is 16.1. The molecule has 0 saturated carbocycles. The monoisotopic (exact) mass is 298 g/mol. The maximum atomic E-state index is 11.6. The van der Waals surface area contributed by atoms with Gasteiger partial charge in [-0.2, -0.15) is 0 Å². The molecule has 0 aliphatic heterocycles. The third-order valence-corrected chi connectivity index (χ3v) is 3.50. The molecule has 2 rings (SSSR count). The molecule has 116 valence electrons. The second kappa shape index (κ2) is 7.64. The number of hydrogen-bond acceptors (Lipinski definition) is 3. The fourth-order valence-electron chi connectivity index (χ4n) is 1.97. The summed E-state index contributed by atoms with van der Waals surface area (Å²) < 4.78 is 10.6. The van der Waals surface area contributed by atoms with E-state index < -0.39 is 0 Å². The third-order valence-electron chi connectivity index (χ3n) is 3.50. The van der Waals surface area contributed by atoms with Crippen LogP contribution < -0.4 is 4.74 Å². The van der Waals surface area contributed by atoms with Gasteiger partial charge in [0.1, 0.15) is 5.75 Å². The van der Waals surface area contributed by atoms with Crippen molar-refractivity contribution in [3.05, 3.63) is 54.1 Å². The molecule has 3 heteroatoms. The van der Waals surface area contributed by atoms with Gasteiger partial charge in [-0.3, -0.25) is 0 Å². The smallest absolute Gasteiger partial charge is 0.344 e. The molecule has 0 radical (unpaired) electrons. The maximum Gasteiger partial charge on any atom is 0.344 e. The molecule has 0 aromatic heterocycles. The lowest BCUT2D eigenvalue weighted by molar-refractivity contribution is -0.150. The van der Waals surface area contributed by atoms with Gasteiger partial charge in [0.05, 0.1) is 6.10 Å². The predicted octanol–water partition coefficient (Wildman–Crippen LogP) is 4.38. The van der Waals surface area contributed by atoms with Gasteiger partial charge in [0, 0.05) is 0 Å². The van der Waals surface area contributed by atoms with Crippen LogP contribution in [0, 0.1) is 6.92 Å². The zero-order chi connectivity index (χ0) is 15.9. The van der Waals surface area contributed by atoms with Crippen LogP contribution in [0.2, 0.25) is 0 Å². The first kappa shape index (κ1) is 16.1. The fraction of sp³-hybridized carbons (Fsp3) is 0.316. The molecule has 0 spiro atoms. The SMILES string of the molecule is CC[C@H](C)OC(=O)COc1ccc(-c2ccc(C)cc2)cc1. The van der Waals surface area contributed by atoms with Crippen molar-refractivity contribution in [2.45, 2.75) is 33.3 Å². The molecule has 0 aliphatic carbocycles. The first-order chi connectivity index (χ1) is 10.6. The van der Waals surface area contributed by atoms with E-state index in [0.29, 0.717) is 5.75 Å². The third kappa shape index (κ3) is 4.62. The van der Waals surface area contributed by atoms with Crippen LogP contribution in [0.25, 0.3) is 11.1 Å². The summed E-state index contributed by atoms with van der Waals surface area (Å²) >= 11 is 0. The Bertz CT molecular complexity index is 600. The number of benzene rings is 2. The Labute approximate surface area is 131 Å². The van der Waals surface area contributed by atoms with E-state index in [2.05, 4.69) is 31.2 Å². The van der Waals surface area contributed by atoms with Crippen molar-refractivity contribution in [1.82, 2.24) is 0 Å². The van der Waals surface area contributed by atoms with Crippen molar-refractivity contribution in [3.63, 3.8) is 0 Å². The molecule has 0 unspecified atom stereocenters. The van der Waals surface area contributed by atoms with Crippen molar-refractivity contribution in [2.75, 3.05) is 6.61 Å². The Balaban J connectivity index is 1.92. The average molecular weight is 298 g/mol. The van der Waals surface area contributed by atoms with Gasteiger partial charge < -0.3 is 9.47 Å². The van der Waals surface area contributed by atoms with E-state index in [9.17, 15) is 4.79 Å². The van der Waals surface area contributed by atoms with E-state index in [0.717, 1.165) is 17.5 Å². The quantitative estimate of drug-likeness (QED) is 0.742. The van der Waals surface area contributed by atoms with E-state index >= 15 is 0 Å². The van der Waals surface area contributed by atoms with Crippen molar-refractivity contribution in [3.8, 4) is 16.9 Å². The topological polar surface area (TPSA) is 35.5 Å². The average Bonchev–Trinajstić information content (AvgIpc) is 2.54. The molecule has 22 heavy (non-hydrogen) atoms. The van der Waals surface area contributed by atoms with Gasteiger partial charge in [-0.05, 0) is 43.5 Å². The van der Waals surface area contributed by atoms with Gasteiger partial charge in [0.15, 0.2) is 6.61 Å². The Morgan fingerprint density at radius 2 is 1.55 bits per heavy atom. The van der Waals surface area contributed by atoms with Crippen LogP contribution in [0.15, 0.2) is 48.5 Å². The molecule has 0 bridgehead atoms. The van der Waals surface area contributed by atoms with Crippen LogP contribution in [0.4, 0.5) is 0 Å². The molecule has 0 aliphatic rings. The van der Waals surface area contributed by atoms with Crippen molar-refractivity contribution < 1.29 is 14.3 Å². The lowest BCUT2D eigenvalue weighted by atomic mass is 10.0. The van der Waals surface area contributed by atoms with E-state index in [-0.39, 0.29) is 18.7 Å². The van der Waals surface area contributed by atoms with Crippen LogP contribution >= 0.6 is 0 Å². The maximum absolute atomic E-state index is 11.6. The van der Waals surface area contributed by atoms with Gasteiger partial charge in [-0.15, -0.1) is 0 Å². The summed E-state index contributed by atoms with van der Waals surface area (Å²) in [5.41, 5.74) is 3.52. The highest BCUT2D eigenvalue weighted by atomic mass is 16.6. The molecule has 2 aromatic rings.